The molecular formula is C16H15N5O2. The lowest BCUT2D eigenvalue weighted by Crippen LogP contribution is -2.33. The number of aryl methyl sites for hydroxylation is 1. The fourth-order valence-corrected chi connectivity index (χ4v) is 2.16. The summed E-state index contributed by atoms with van der Waals surface area (Å²) < 4.78 is 0. The maximum Gasteiger partial charge on any atom is 0.251 e. The Balaban J connectivity index is 1.60. The number of fused-ring (bicyclic) bond motifs is 1. The third-order valence-electron chi connectivity index (χ3n) is 3.27. The minimum atomic E-state index is -0.391. The molecule has 0 unspecified atom stereocenters. The van der Waals surface area contributed by atoms with Crippen molar-refractivity contribution in [2.45, 2.75) is 6.92 Å². The Labute approximate surface area is 132 Å². The molecule has 3 N–H and O–H groups in total. The van der Waals surface area contributed by atoms with E-state index < -0.39 is 5.91 Å². The maximum atomic E-state index is 12.1. The second-order valence-corrected chi connectivity index (χ2v) is 5.04. The quantitative estimate of drug-likeness (QED) is 0.682. The van der Waals surface area contributed by atoms with Gasteiger partial charge >= 0.3 is 0 Å². The van der Waals surface area contributed by atoms with E-state index >= 15 is 0 Å². The highest BCUT2D eigenvalue weighted by molar-refractivity contribution is 6.01. The van der Waals surface area contributed by atoms with Crippen LogP contribution in [0.3, 0.4) is 0 Å². The molecule has 116 valence electrons. The van der Waals surface area contributed by atoms with Gasteiger partial charge < -0.3 is 5.32 Å². The molecule has 2 amide bonds. The first-order chi connectivity index (χ1) is 11.1. The number of benzene rings is 2. The third kappa shape index (κ3) is 3.52. The van der Waals surface area contributed by atoms with E-state index in [9.17, 15) is 9.59 Å². The van der Waals surface area contributed by atoms with Gasteiger partial charge in [0.15, 0.2) is 0 Å². The standard InChI is InChI=1S/C16H15N5O2/c1-10-18-16(21-20-10)19-14(22)9-17-15(23)13-7-6-11-4-2-3-5-12(11)8-13/h2-8H,9H2,1H3,(H,17,23)(H2,18,19,20,21,22). The van der Waals surface area contributed by atoms with Crippen molar-refractivity contribution in [3.8, 4) is 0 Å². The van der Waals surface area contributed by atoms with E-state index in [4.69, 9.17) is 0 Å². The molecule has 7 heteroatoms. The van der Waals surface area contributed by atoms with E-state index in [0.29, 0.717) is 11.4 Å². The number of H-pyrrole nitrogens is 1. The first-order valence-electron chi connectivity index (χ1n) is 7.08. The fraction of sp³-hybridized carbons (Fsp3) is 0.125. The molecule has 0 saturated carbocycles. The van der Waals surface area contributed by atoms with Crippen LogP contribution in [0.2, 0.25) is 0 Å². The molecule has 0 bridgehead atoms. The Morgan fingerprint density at radius 3 is 2.65 bits per heavy atom. The fourth-order valence-electron chi connectivity index (χ4n) is 2.16. The molecule has 3 aromatic rings. The second-order valence-electron chi connectivity index (χ2n) is 5.04. The van der Waals surface area contributed by atoms with Gasteiger partial charge in [-0.25, -0.2) is 0 Å². The largest absolute Gasteiger partial charge is 0.343 e. The average molecular weight is 309 g/mol. The molecule has 0 aliphatic heterocycles. The van der Waals surface area contributed by atoms with Gasteiger partial charge in [-0.15, -0.1) is 5.10 Å². The van der Waals surface area contributed by atoms with Crippen LogP contribution in [0.1, 0.15) is 16.2 Å². The minimum Gasteiger partial charge on any atom is -0.343 e. The lowest BCUT2D eigenvalue weighted by Gasteiger charge is -2.06. The maximum absolute atomic E-state index is 12.1. The van der Waals surface area contributed by atoms with Gasteiger partial charge in [0, 0.05) is 5.56 Å². The summed E-state index contributed by atoms with van der Waals surface area (Å²) in [6, 6.07) is 13.2. The molecule has 1 aromatic heterocycles. The van der Waals surface area contributed by atoms with Crippen LogP contribution in [0.25, 0.3) is 10.8 Å². The highest BCUT2D eigenvalue weighted by Gasteiger charge is 2.10. The van der Waals surface area contributed by atoms with Crippen molar-refractivity contribution in [1.82, 2.24) is 20.5 Å². The Kier molecular flexibility index (Phi) is 4.01. The second kappa shape index (κ2) is 6.27. The van der Waals surface area contributed by atoms with Gasteiger partial charge in [0.2, 0.25) is 11.9 Å². The lowest BCUT2D eigenvalue weighted by atomic mass is 10.1. The van der Waals surface area contributed by atoms with Crippen molar-refractivity contribution in [1.29, 1.82) is 0 Å². The summed E-state index contributed by atoms with van der Waals surface area (Å²) in [5, 5.41) is 13.5. The smallest absolute Gasteiger partial charge is 0.251 e. The van der Waals surface area contributed by atoms with Crippen LogP contribution >= 0.6 is 0 Å². The number of aromatic nitrogens is 3. The highest BCUT2D eigenvalue weighted by Crippen LogP contribution is 2.15. The molecular weight excluding hydrogens is 294 g/mol. The molecule has 0 atom stereocenters. The van der Waals surface area contributed by atoms with Crippen LogP contribution < -0.4 is 10.6 Å². The van der Waals surface area contributed by atoms with Crippen LogP contribution in [0.15, 0.2) is 42.5 Å². The molecule has 23 heavy (non-hydrogen) atoms. The zero-order chi connectivity index (χ0) is 16.2. The van der Waals surface area contributed by atoms with Crippen molar-refractivity contribution in [3.63, 3.8) is 0 Å². The Morgan fingerprint density at radius 2 is 1.91 bits per heavy atom. The number of aromatic amines is 1. The van der Waals surface area contributed by atoms with Gasteiger partial charge in [-0.3, -0.25) is 20.0 Å². The molecule has 1 heterocycles. The first-order valence-corrected chi connectivity index (χ1v) is 7.08. The van der Waals surface area contributed by atoms with Gasteiger partial charge in [0.05, 0.1) is 6.54 Å². The van der Waals surface area contributed by atoms with Gasteiger partial charge in [-0.2, -0.15) is 4.98 Å². The first kappa shape index (κ1) is 14.7. The minimum absolute atomic E-state index is 0.154. The zero-order valence-electron chi connectivity index (χ0n) is 12.5. The molecule has 2 aromatic carbocycles. The van der Waals surface area contributed by atoms with E-state index in [1.54, 1.807) is 19.1 Å². The molecule has 0 saturated heterocycles. The number of carbonyl (C=O) groups excluding carboxylic acids is 2. The van der Waals surface area contributed by atoms with Gasteiger partial charge in [-0.05, 0) is 29.8 Å². The number of rotatable bonds is 4. The van der Waals surface area contributed by atoms with Crippen molar-refractivity contribution in [2.75, 3.05) is 11.9 Å². The number of hydrogen-bond acceptors (Lipinski definition) is 4. The highest BCUT2D eigenvalue weighted by atomic mass is 16.2. The van der Waals surface area contributed by atoms with E-state index in [1.807, 2.05) is 30.3 Å². The third-order valence-corrected chi connectivity index (χ3v) is 3.27. The Hall–Kier alpha value is -3.22. The van der Waals surface area contributed by atoms with Crippen LogP contribution in [-0.4, -0.2) is 33.5 Å². The van der Waals surface area contributed by atoms with E-state index in [-0.39, 0.29) is 18.4 Å². The summed E-state index contributed by atoms with van der Waals surface area (Å²) >= 11 is 0. The summed E-state index contributed by atoms with van der Waals surface area (Å²) in [4.78, 5) is 27.8. The molecule has 0 fully saturated rings. The summed E-state index contributed by atoms with van der Waals surface area (Å²) in [6.45, 7) is 1.57. The number of anilines is 1. The number of hydrogen-bond donors (Lipinski definition) is 3. The number of nitrogens with zero attached hydrogens (tertiary/aromatic N) is 2. The SMILES string of the molecule is Cc1nc(NC(=O)CNC(=O)c2ccc3ccccc3c2)n[nH]1. The van der Waals surface area contributed by atoms with Crippen LogP contribution in [0.5, 0.6) is 0 Å². The molecule has 0 aliphatic rings. The van der Waals surface area contributed by atoms with Crippen molar-refractivity contribution < 1.29 is 9.59 Å². The predicted molar refractivity (Wildman–Crippen MR) is 86.0 cm³/mol. The number of carbonyl (C=O) groups is 2. The summed E-state index contributed by atoms with van der Waals surface area (Å²) in [6.07, 6.45) is 0. The zero-order valence-corrected chi connectivity index (χ0v) is 12.5. The molecule has 0 aliphatic carbocycles. The topological polar surface area (TPSA) is 99.8 Å². The van der Waals surface area contributed by atoms with E-state index in [2.05, 4.69) is 25.8 Å². The monoisotopic (exact) mass is 309 g/mol. The summed E-state index contributed by atoms with van der Waals surface area (Å²) in [5.74, 6) is 0.0863. The Morgan fingerprint density at radius 1 is 1.13 bits per heavy atom. The van der Waals surface area contributed by atoms with Crippen molar-refractivity contribution >= 4 is 28.5 Å². The average Bonchev–Trinajstić information content (AvgIpc) is 2.97. The molecule has 0 spiro atoms. The normalized spacial score (nSPS) is 10.5. The number of nitrogens with one attached hydrogen (secondary N) is 3. The molecule has 3 rings (SSSR count). The Bertz CT molecular complexity index is 872. The van der Waals surface area contributed by atoms with Gasteiger partial charge in [-0.1, -0.05) is 30.3 Å². The lowest BCUT2D eigenvalue weighted by molar-refractivity contribution is -0.115. The predicted octanol–water partition coefficient (Wildman–Crippen LogP) is 1.63. The van der Waals surface area contributed by atoms with Crippen LogP contribution in [-0.2, 0) is 4.79 Å². The van der Waals surface area contributed by atoms with Gasteiger partial charge in [0.1, 0.15) is 5.82 Å². The number of amides is 2. The van der Waals surface area contributed by atoms with E-state index in [0.717, 1.165) is 10.8 Å². The van der Waals surface area contributed by atoms with E-state index in [1.165, 1.54) is 0 Å². The summed E-state index contributed by atoms with van der Waals surface area (Å²) in [5.41, 5.74) is 0.505. The van der Waals surface area contributed by atoms with Crippen molar-refractivity contribution in [3.05, 3.63) is 53.9 Å². The van der Waals surface area contributed by atoms with Crippen molar-refractivity contribution in [2.24, 2.45) is 0 Å². The van der Waals surface area contributed by atoms with Crippen LogP contribution in [0, 0.1) is 6.92 Å². The summed E-state index contributed by atoms with van der Waals surface area (Å²) in [7, 11) is 0. The molecule has 0 radical (unpaired) electrons. The molecule has 7 nitrogen and oxygen atoms in total. The van der Waals surface area contributed by atoms with Crippen LogP contribution in [0.4, 0.5) is 5.95 Å². The van der Waals surface area contributed by atoms with Gasteiger partial charge in [0.25, 0.3) is 5.91 Å².